The van der Waals surface area contributed by atoms with Gasteiger partial charge in [0.1, 0.15) is 0 Å². The summed E-state index contributed by atoms with van der Waals surface area (Å²) in [5, 5.41) is 0. The molecule has 0 saturated carbocycles. The Morgan fingerprint density at radius 3 is 2.68 bits per heavy atom. The lowest BCUT2D eigenvalue weighted by Gasteiger charge is -2.18. The fraction of sp³-hybridized carbons (Fsp3) is 0.333. The lowest BCUT2D eigenvalue weighted by molar-refractivity contribution is -0.696. The topological polar surface area (TPSA) is 27.4 Å². The third-order valence-corrected chi connectivity index (χ3v) is 4.13. The van der Waals surface area contributed by atoms with Crippen LogP contribution in [0.15, 0.2) is 54.9 Å². The largest absolute Gasteiger partial charge is 0.324 e. The first-order chi connectivity index (χ1) is 10.8. The molecule has 2 amide bonds. The number of amides is 2. The minimum atomic E-state index is 0.116. The zero-order valence-corrected chi connectivity index (χ0v) is 13.0. The number of rotatable bonds is 5. The quantitative estimate of drug-likeness (QED) is 0.779. The molecule has 1 saturated heterocycles. The van der Waals surface area contributed by atoms with Crippen molar-refractivity contribution in [2.24, 2.45) is 0 Å². The zero-order valence-electron chi connectivity index (χ0n) is 13.0. The molecular weight excluding hydrogens is 274 g/mol. The zero-order chi connectivity index (χ0) is 15.4. The van der Waals surface area contributed by atoms with Crippen LogP contribution in [0.2, 0.25) is 0 Å². The molecule has 2 heterocycles. The second kappa shape index (κ2) is 6.60. The molecule has 0 atom stereocenters. The van der Waals surface area contributed by atoms with Crippen molar-refractivity contribution >= 4 is 11.7 Å². The predicted octanol–water partition coefficient (Wildman–Crippen LogP) is 2.48. The molecule has 22 heavy (non-hydrogen) atoms. The van der Waals surface area contributed by atoms with E-state index in [0.717, 1.165) is 38.3 Å². The van der Waals surface area contributed by atoms with Crippen molar-refractivity contribution < 1.29 is 9.36 Å². The molecule has 2 aromatic rings. The molecule has 0 radical (unpaired) electrons. The molecule has 0 bridgehead atoms. The second-order valence-corrected chi connectivity index (χ2v) is 5.56. The van der Waals surface area contributed by atoms with E-state index in [1.807, 2.05) is 52.5 Å². The molecule has 1 aliphatic rings. The summed E-state index contributed by atoms with van der Waals surface area (Å²) in [6.07, 6.45) is 5.05. The summed E-state index contributed by atoms with van der Waals surface area (Å²) in [6.45, 7) is 5.27. The van der Waals surface area contributed by atoms with Gasteiger partial charge in [0.2, 0.25) is 0 Å². The number of nitrogens with zero attached hydrogens (tertiary/aromatic N) is 3. The first-order valence-corrected chi connectivity index (χ1v) is 7.87. The molecule has 1 aromatic heterocycles. The summed E-state index contributed by atoms with van der Waals surface area (Å²) in [7, 11) is 0. The highest BCUT2D eigenvalue weighted by atomic mass is 16.2. The van der Waals surface area contributed by atoms with Crippen LogP contribution in [-0.4, -0.2) is 30.6 Å². The number of benzene rings is 1. The lowest BCUT2D eigenvalue weighted by atomic mass is 10.1. The van der Waals surface area contributed by atoms with Gasteiger partial charge in [-0.25, -0.2) is 9.36 Å². The van der Waals surface area contributed by atoms with E-state index in [1.165, 1.54) is 5.56 Å². The van der Waals surface area contributed by atoms with Crippen LogP contribution in [0.3, 0.4) is 0 Å². The van der Waals surface area contributed by atoms with Gasteiger partial charge in [0, 0.05) is 30.9 Å². The number of hydrogen-bond acceptors (Lipinski definition) is 1. The fourth-order valence-electron chi connectivity index (χ4n) is 2.79. The van der Waals surface area contributed by atoms with Crippen molar-refractivity contribution in [3.8, 4) is 0 Å². The maximum absolute atomic E-state index is 12.6. The van der Waals surface area contributed by atoms with Crippen molar-refractivity contribution in [3.63, 3.8) is 0 Å². The van der Waals surface area contributed by atoms with E-state index < -0.39 is 0 Å². The van der Waals surface area contributed by atoms with Gasteiger partial charge in [-0.3, -0.25) is 4.90 Å². The number of pyridine rings is 1. The van der Waals surface area contributed by atoms with Crippen LogP contribution in [0.4, 0.5) is 10.5 Å². The molecule has 114 valence electrons. The normalized spacial score (nSPS) is 14.7. The second-order valence-electron chi connectivity index (χ2n) is 5.56. The number of anilines is 1. The highest BCUT2D eigenvalue weighted by Crippen LogP contribution is 2.21. The molecule has 0 aliphatic carbocycles. The summed E-state index contributed by atoms with van der Waals surface area (Å²) in [5.41, 5.74) is 2.28. The standard InChI is InChI=1S/C18H22N3O/c1-2-16-7-6-8-17(15-16)21-14-13-20(18(21)22)12-11-19-9-4-3-5-10-19/h3-10,15H,2,11-14H2,1H3/q+1. The number of urea groups is 1. The molecule has 4 nitrogen and oxygen atoms in total. The fourth-order valence-corrected chi connectivity index (χ4v) is 2.79. The van der Waals surface area contributed by atoms with Crippen molar-refractivity contribution in [2.75, 3.05) is 24.5 Å². The highest BCUT2D eigenvalue weighted by Gasteiger charge is 2.29. The number of aromatic nitrogens is 1. The number of carbonyl (C=O) groups excluding carboxylic acids is 1. The van der Waals surface area contributed by atoms with Gasteiger partial charge < -0.3 is 4.90 Å². The van der Waals surface area contributed by atoms with Gasteiger partial charge in [0.25, 0.3) is 0 Å². The van der Waals surface area contributed by atoms with E-state index in [1.54, 1.807) is 0 Å². The summed E-state index contributed by atoms with van der Waals surface area (Å²) in [4.78, 5) is 16.4. The summed E-state index contributed by atoms with van der Waals surface area (Å²) < 4.78 is 2.10. The Kier molecular flexibility index (Phi) is 4.37. The molecular formula is C18H22N3O+. The van der Waals surface area contributed by atoms with E-state index in [-0.39, 0.29) is 6.03 Å². The van der Waals surface area contributed by atoms with Gasteiger partial charge in [0.05, 0.1) is 6.54 Å². The molecule has 1 aromatic carbocycles. The molecule has 0 unspecified atom stereocenters. The molecule has 4 heteroatoms. The van der Waals surface area contributed by atoms with Crippen molar-refractivity contribution in [1.29, 1.82) is 0 Å². The summed E-state index contributed by atoms with van der Waals surface area (Å²) >= 11 is 0. The van der Waals surface area contributed by atoms with Crippen molar-refractivity contribution in [2.45, 2.75) is 19.9 Å². The maximum Gasteiger partial charge on any atom is 0.324 e. The minimum absolute atomic E-state index is 0.116. The van der Waals surface area contributed by atoms with E-state index in [2.05, 4.69) is 23.6 Å². The Morgan fingerprint density at radius 2 is 1.91 bits per heavy atom. The molecule has 3 rings (SSSR count). The van der Waals surface area contributed by atoms with E-state index in [4.69, 9.17) is 0 Å². The Labute approximate surface area is 131 Å². The van der Waals surface area contributed by atoms with E-state index in [9.17, 15) is 4.79 Å². The maximum atomic E-state index is 12.6. The van der Waals surface area contributed by atoms with Crippen LogP contribution in [0.1, 0.15) is 12.5 Å². The third kappa shape index (κ3) is 3.11. The number of aryl methyl sites for hydroxylation is 1. The first-order valence-electron chi connectivity index (χ1n) is 7.87. The average molecular weight is 296 g/mol. The van der Waals surface area contributed by atoms with Gasteiger partial charge in [-0.2, -0.15) is 0 Å². The summed E-state index contributed by atoms with van der Waals surface area (Å²) in [6, 6.07) is 14.4. The van der Waals surface area contributed by atoms with Gasteiger partial charge >= 0.3 is 6.03 Å². The molecule has 0 N–H and O–H groups in total. The Morgan fingerprint density at radius 1 is 1.09 bits per heavy atom. The Balaban J connectivity index is 1.64. The Bertz CT molecular complexity index is 642. The SMILES string of the molecule is CCc1cccc(N2CCN(CC[n+]3ccccc3)C2=O)c1. The van der Waals surface area contributed by atoms with Gasteiger partial charge in [0.15, 0.2) is 18.9 Å². The Hall–Kier alpha value is -2.36. The first kappa shape index (κ1) is 14.6. The van der Waals surface area contributed by atoms with Crippen LogP contribution in [0.5, 0.6) is 0 Å². The predicted molar refractivity (Wildman–Crippen MR) is 86.8 cm³/mol. The van der Waals surface area contributed by atoms with Gasteiger partial charge in [-0.05, 0) is 24.1 Å². The molecule has 1 fully saturated rings. The average Bonchev–Trinajstić information content (AvgIpc) is 2.95. The number of hydrogen-bond donors (Lipinski definition) is 0. The van der Waals surface area contributed by atoms with Crippen LogP contribution in [-0.2, 0) is 13.0 Å². The highest BCUT2D eigenvalue weighted by molar-refractivity contribution is 5.94. The lowest BCUT2D eigenvalue weighted by Crippen LogP contribution is -2.41. The van der Waals surface area contributed by atoms with Gasteiger partial charge in [-0.1, -0.05) is 25.1 Å². The monoisotopic (exact) mass is 296 g/mol. The van der Waals surface area contributed by atoms with Crippen LogP contribution < -0.4 is 9.47 Å². The van der Waals surface area contributed by atoms with Gasteiger partial charge in [-0.15, -0.1) is 0 Å². The number of carbonyl (C=O) groups is 1. The van der Waals surface area contributed by atoms with E-state index >= 15 is 0 Å². The third-order valence-electron chi connectivity index (χ3n) is 4.13. The molecule has 0 spiro atoms. The smallest absolute Gasteiger partial charge is 0.316 e. The minimum Gasteiger partial charge on any atom is -0.316 e. The van der Waals surface area contributed by atoms with E-state index in [0.29, 0.717) is 0 Å². The summed E-state index contributed by atoms with van der Waals surface area (Å²) in [5.74, 6) is 0. The van der Waals surface area contributed by atoms with Crippen LogP contribution in [0.25, 0.3) is 0 Å². The van der Waals surface area contributed by atoms with Crippen molar-refractivity contribution in [3.05, 3.63) is 60.4 Å². The molecule has 1 aliphatic heterocycles. The van der Waals surface area contributed by atoms with Crippen LogP contribution >= 0.6 is 0 Å². The van der Waals surface area contributed by atoms with Crippen molar-refractivity contribution in [1.82, 2.24) is 4.90 Å². The van der Waals surface area contributed by atoms with Crippen LogP contribution in [0, 0.1) is 0 Å².